The zero-order valence-electron chi connectivity index (χ0n) is 28.7. The van der Waals surface area contributed by atoms with Gasteiger partial charge in [0.1, 0.15) is 17.0 Å². The second-order valence-electron chi connectivity index (χ2n) is 14.2. The van der Waals surface area contributed by atoms with Crippen LogP contribution in [0.5, 0.6) is 11.5 Å². The molecule has 0 aromatic heterocycles. The molecule has 2 heterocycles. The number of Topliss-reactive ketones (excluding diaryl/α,β-unsaturated/α-hetero) is 1. The fourth-order valence-electron chi connectivity index (χ4n) is 7.13. The first-order valence-electron chi connectivity index (χ1n) is 16.7. The molecule has 0 saturated carbocycles. The van der Waals surface area contributed by atoms with Gasteiger partial charge in [-0.2, -0.15) is 0 Å². The fourth-order valence-corrected chi connectivity index (χ4v) is 8.59. The van der Waals surface area contributed by atoms with Crippen LogP contribution in [0.2, 0.25) is 0 Å². The van der Waals surface area contributed by atoms with Gasteiger partial charge in [-0.15, -0.1) is 11.8 Å². The number of hydrogen-bond donors (Lipinski definition) is 5. The lowest BCUT2D eigenvalue weighted by atomic mass is 9.64. The first-order valence-corrected chi connectivity index (χ1v) is 17.6. The molecule has 264 valence electrons. The molecule has 6 rings (SSSR count). The van der Waals surface area contributed by atoms with Crippen molar-refractivity contribution in [2.45, 2.75) is 79.8 Å². The lowest BCUT2D eigenvalue weighted by Crippen LogP contribution is -2.61. The van der Waals surface area contributed by atoms with Crippen LogP contribution in [0, 0.1) is 6.92 Å². The highest BCUT2D eigenvalue weighted by atomic mass is 32.2. The number of likely N-dealkylation sites (tertiary alicyclic amines) is 1. The highest BCUT2D eigenvalue weighted by Crippen LogP contribution is 2.56. The van der Waals surface area contributed by atoms with E-state index in [4.69, 9.17) is 26.7 Å². The minimum absolute atomic E-state index is 0.261. The largest absolute Gasteiger partial charge is 0.457 e. The number of aryl methyl sites for hydroxylation is 1. The second-order valence-corrected chi connectivity index (χ2v) is 15.4. The molecule has 3 aromatic rings. The van der Waals surface area contributed by atoms with Gasteiger partial charge in [-0.05, 0) is 93.1 Å². The van der Waals surface area contributed by atoms with Crippen LogP contribution in [0.3, 0.4) is 0 Å². The Hall–Kier alpha value is -4.59. The van der Waals surface area contributed by atoms with Gasteiger partial charge >= 0.3 is 6.09 Å². The monoisotopic (exact) mass is 700 g/mol. The zero-order valence-corrected chi connectivity index (χ0v) is 29.5. The Bertz CT molecular complexity index is 1830. The van der Waals surface area contributed by atoms with Gasteiger partial charge in [-0.1, -0.05) is 30.3 Å². The van der Waals surface area contributed by atoms with Crippen LogP contribution in [-0.2, 0) is 24.7 Å². The predicted molar refractivity (Wildman–Crippen MR) is 191 cm³/mol. The molecule has 0 bridgehead atoms. The molecule has 13 heteroatoms. The molecule has 1 aliphatic carbocycles. The SMILES string of the molecule is Cc1cc(Oc2ccccc2)ccc1[C@]1(N)C(=O)[C@H](N)[C@H]2c3c1ccc(N)c3S[C@H]2C(=O)N[C@@H]1CCCN(C(=O)COC(=O)NC(C)(C)C)C1. The third kappa shape index (κ3) is 6.77. The number of carbonyl (C=O) groups is 4. The molecule has 3 amide bonds. The van der Waals surface area contributed by atoms with Crippen LogP contribution in [0.25, 0.3) is 0 Å². The summed E-state index contributed by atoms with van der Waals surface area (Å²) < 4.78 is 11.1. The Balaban J connectivity index is 1.20. The van der Waals surface area contributed by atoms with E-state index in [1.165, 1.54) is 11.8 Å². The number of ether oxygens (including phenoxy) is 2. The maximum absolute atomic E-state index is 14.3. The van der Waals surface area contributed by atoms with Crippen molar-refractivity contribution in [3.05, 3.63) is 82.9 Å². The van der Waals surface area contributed by atoms with Crippen molar-refractivity contribution in [1.82, 2.24) is 15.5 Å². The van der Waals surface area contributed by atoms with Gasteiger partial charge in [0.05, 0.1) is 11.3 Å². The van der Waals surface area contributed by atoms with Crippen molar-refractivity contribution in [3.8, 4) is 11.5 Å². The molecule has 2 aliphatic heterocycles. The summed E-state index contributed by atoms with van der Waals surface area (Å²) in [7, 11) is 0. The molecule has 0 unspecified atom stereocenters. The normalized spacial score (nSPS) is 24.3. The quantitative estimate of drug-likeness (QED) is 0.227. The number of hydrogen-bond acceptors (Lipinski definition) is 10. The van der Waals surface area contributed by atoms with E-state index in [0.717, 1.165) is 11.1 Å². The van der Waals surface area contributed by atoms with Gasteiger partial charge in [0.2, 0.25) is 5.91 Å². The number of amides is 3. The Labute approximate surface area is 295 Å². The number of nitrogen functional groups attached to an aromatic ring is 1. The number of para-hydroxylation sites is 1. The highest BCUT2D eigenvalue weighted by Gasteiger charge is 2.57. The van der Waals surface area contributed by atoms with Crippen molar-refractivity contribution in [1.29, 1.82) is 0 Å². The summed E-state index contributed by atoms with van der Waals surface area (Å²) in [5.74, 6) is -0.413. The number of nitrogens with two attached hydrogens (primary N) is 3. The lowest BCUT2D eigenvalue weighted by Gasteiger charge is -2.42. The van der Waals surface area contributed by atoms with Crippen LogP contribution in [0.15, 0.2) is 65.6 Å². The first kappa shape index (κ1) is 35.2. The average Bonchev–Trinajstić information content (AvgIpc) is 3.48. The number of ketones is 1. The minimum Gasteiger partial charge on any atom is -0.457 e. The molecule has 12 nitrogen and oxygen atoms in total. The summed E-state index contributed by atoms with van der Waals surface area (Å²) in [4.78, 5) is 55.5. The average molecular weight is 701 g/mol. The molecular formula is C37H44N6O6S. The second kappa shape index (κ2) is 13.6. The Morgan fingerprint density at radius 3 is 2.46 bits per heavy atom. The van der Waals surface area contributed by atoms with Crippen LogP contribution in [-0.4, -0.2) is 71.2 Å². The van der Waals surface area contributed by atoms with E-state index in [2.05, 4.69) is 10.6 Å². The smallest absolute Gasteiger partial charge is 0.408 e. The van der Waals surface area contributed by atoms with Crippen molar-refractivity contribution >= 4 is 41.1 Å². The summed E-state index contributed by atoms with van der Waals surface area (Å²) in [6, 6.07) is 16.9. The summed E-state index contributed by atoms with van der Waals surface area (Å²) in [5.41, 5.74) is 21.4. The van der Waals surface area contributed by atoms with Crippen LogP contribution < -0.4 is 32.6 Å². The Morgan fingerprint density at radius 2 is 1.76 bits per heavy atom. The number of nitrogens with one attached hydrogen (secondary N) is 2. The number of alkyl carbamates (subject to hydrolysis) is 1. The zero-order chi connectivity index (χ0) is 36.0. The van der Waals surface area contributed by atoms with Gasteiger partial charge in [-0.25, -0.2) is 4.79 Å². The number of carbonyl (C=O) groups excluding carboxylic acids is 4. The molecule has 3 aromatic carbocycles. The van der Waals surface area contributed by atoms with Gasteiger partial charge in [0, 0.05) is 41.2 Å². The van der Waals surface area contributed by atoms with E-state index < -0.39 is 46.8 Å². The number of anilines is 1. The molecule has 50 heavy (non-hydrogen) atoms. The minimum atomic E-state index is -1.58. The molecule has 0 spiro atoms. The van der Waals surface area contributed by atoms with Gasteiger partial charge in [-0.3, -0.25) is 14.4 Å². The van der Waals surface area contributed by atoms with Crippen LogP contribution >= 0.6 is 11.8 Å². The van der Waals surface area contributed by atoms with Crippen molar-refractivity contribution < 1.29 is 28.7 Å². The van der Waals surface area contributed by atoms with E-state index in [1.807, 2.05) is 64.1 Å². The molecule has 0 radical (unpaired) electrons. The van der Waals surface area contributed by atoms with Gasteiger partial charge in [0.25, 0.3) is 5.91 Å². The van der Waals surface area contributed by atoms with Crippen molar-refractivity contribution in [2.24, 2.45) is 11.5 Å². The number of benzene rings is 3. The maximum atomic E-state index is 14.3. The number of piperidine rings is 1. The molecule has 3 aliphatic rings. The van der Waals surface area contributed by atoms with Crippen LogP contribution in [0.1, 0.15) is 61.8 Å². The molecule has 1 saturated heterocycles. The van der Waals surface area contributed by atoms with E-state index >= 15 is 0 Å². The van der Waals surface area contributed by atoms with Crippen LogP contribution in [0.4, 0.5) is 10.5 Å². The topological polar surface area (TPSA) is 192 Å². The summed E-state index contributed by atoms with van der Waals surface area (Å²) >= 11 is 1.29. The first-order chi connectivity index (χ1) is 23.7. The van der Waals surface area contributed by atoms with Gasteiger partial charge < -0.3 is 42.2 Å². The third-order valence-electron chi connectivity index (χ3n) is 9.42. The van der Waals surface area contributed by atoms with E-state index in [0.29, 0.717) is 52.6 Å². The molecule has 8 N–H and O–H groups in total. The Kier molecular flexibility index (Phi) is 9.59. The fraction of sp³-hybridized carbons (Fsp3) is 0.405. The Morgan fingerprint density at radius 1 is 1.04 bits per heavy atom. The standard InChI is InChI=1S/C37H44N6O6S/c1-20-17-23(49-22-10-6-5-7-11-22)12-13-24(20)37(40)25-14-15-26(38)31-28(25)29(30(39)33(37)45)32(50-31)34(46)41-21-9-8-16-43(18-21)27(44)19-48-35(47)42-36(2,3)4/h5-7,10-15,17,21,29-30,32H,8-9,16,18-19,38-40H2,1-4H3,(H,41,46)(H,42,47)/t21-,29-,30-,32-,37-/m1/s1. The molecule has 1 fully saturated rings. The maximum Gasteiger partial charge on any atom is 0.408 e. The highest BCUT2D eigenvalue weighted by molar-refractivity contribution is 8.01. The summed E-state index contributed by atoms with van der Waals surface area (Å²) in [5, 5.41) is 5.02. The van der Waals surface area contributed by atoms with Gasteiger partial charge in [0.15, 0.2) is 12.4 Å². The summed E-state index contributed by atoms with van der Waals surface area (Å²) in [6.07, 6.45) is 0.642. The van der Waals surface area contributed by atoms with E-state index in [-0.39, 0.29) is 24.4 Å². The predicted octanol–water partition coefficient (Wildman–Crippen LogP) is 3.67. The third-order valence-corrected chi connectivity index (χ3v) is 10.9. The van der Waals surface area contributed by atoms with Crippen molar-refractivity contribution in [2.75, 3.05) is 25.4 Å². The molecule has 5 atom stereocenters. The molecular weight excluding hydrogens is 657 g/mol. The number of thioether (sulfide) groups is 1. The summed E-state index contributed by atoms with van der Waals surface area (Å²) in [6.45, 7) is 7.66. The number of nitrogens with zero attached hydrogens (tertiary/aromatic N) is 1. The number of rotatable bonds is 7. The van der Waals surface area contributed by atoms with E-state index in [1.54, 1.807) is 29.2 Å². The lowest BCUT2D eigenvalue weighted by molar-refractivity contribution is -0.136. The van der Waals surface area contributed by atoms with E-state index in [9.17, 15) is 19.2 Å². The van der Waals surface area contributed by atoms with Crippen molar-refractivity contribution in [3.63, 3.8) is 0 Å².